The molecule has 0 atom stereocenters. The highest BCUT2D eigenvalue weighted by Crippen LogP contribution is 2.13. The SMILES string of the molecule is CCc1ccc(C(=O)NC(=S)Nc2ccc(NC(C)=O)cc2)cc1. The molecule has 0 saturated heterocycles. The normalized spacial score (nSPS) is 9.92. The van der Waals surface area contributed by atoms with Crippen LogP contribution in [0.5, 0.6) is 0 Å². The van der Waals surface area contributed by atoms with Crippen LogP contribution in [0.2, 0.25) is 0 Å². The topological polar surface area (TPSA) is 70.2 Å². The molecule has 0 aliphatic heterocycles. The fourth-order valence-corrected chi connectivity index (χ4v) is 2.28. The Morgan fingerprint density at radius 1 is 0.917 bits per heavy atom. The van der Waals surface area contributed by atoms with E-state index < -0.39 is 0 Å². The number of benzene rings is 2. The fourth-order valence-electron chi connectivity index (χ4n) is 2.07. The summed E-state index contributed by atoms with van der Waals surface area (Å²) in [5.74, 6) is -0.391. The van der Waals surface area contributed by atoms with Crippen LogP contribution in [0.3, 0.4) is 0 Å². The smallest absolute Gasteiger partial charge is 0.257 e. The lowest BCUT2D eigenvalue weighted by Crippen LogP contribution is -2.34. The summed E-state index contributed by atoms with van der Waals surface area (Å²) in [5, 5.41) is 8.47. The molecule has 2 amide bonds. The van der Waals surface area contributed by atoms with Crippen LogP contribution in [0.1, 0.15) is 29.8 Å². The van der Waals surface area contributed by atoms with Crippen molar-refractivity contribution in [2.45, 2.75) is 20.3 Å². The second-order valence-corrected chi connectivity index (χ2v) is 5.63. The minimum Gasteiger partial charge on any atom is -0.332 e. The molecule has 0 aromatic heterocycles. The lowest BCUT2D eigenvalue weighted by molar-refractivity contribution is -0.114. The van der Waals surface area contributed by atoms with E-state index in [4.69, 9.17) is 12.2 Å². The summed E-state index contributed by atoms with van der Waals surface area (Å²) in [6.07, 6.45) is 0.927. The number of hydrogen-bond donors (Lipinski definition) is 3. The van der Waals surface area contributed by atoms with Crippen LogP contribution < -0.4 is 16.0 Å². The molecule has 6 heteroatoms. The molecule has 2 aromatic carbocycles. The van der Waals surface area contributed by atoms with Gasteiger partial charge in [-0.2, -0.15) is 0 Å². The first-order valence-corrected chi connectivity index (χ1v) is 7.97. The fraction of sp³-hybridized carbons (Fsp3) is 0.167. The third kappa shape index (κ3) is 5.17. The highest BCUT2D eigenvalue weighted by atomic mass is 32.1. The Labute approximate surface area is 146 Å². The standard InChI is InChI=1S/C18H19N3O2S/c1-3-13-4-6-14(7-5-13)17(23)21-18(24)20-16-10-8-15(9-11-16)19-12(2)22/h4-11H,3H2,1-2H3,(H,19,22)(H2,20,21,23,24). The van der Waals surface area contributed by atoms with Crippen molar-refractivity contribution in [3.05, 3.63) is 59.7 Å². The van der Waals surface area contributed by atoms with Gasteiger partial charge in [0.2, 0.25) is 5.91 Å². The maximum absolute atomic E-state index is 12.1. The Hall–Kier alpha value is -2.73. The molecule has 0 bridgehead atoms. The highest BCUT2D eigenvalue weighted by molar-refractivity contribution is 7.80. The monoisotopic (exact) mass is 341 g/mol. The van der Waals surface area contributed by atoms with E-state index in [2.05, 4.69) is 22.9 Å². The Bertz CT molecular complexity index is 740. The summed E-state index contributed by atoms with van der Waals surface area (Å²) in [7, 11) is 0. The summed E-state index contributed by atoms with van der Waals surface area (Å²) < 4.78 is 0. The molecule has 0 unspecified atom stereocenters. The van der Waals surface area contributed by atoms with Crippen molar-refractivity contribution in [2.75, 3.05) is 10.6 Å². The Balaban J connectivity index is 1.92. The van der Waals surface area contributed by atoms with Gasteiger partial charge in [0.1, 0.15) is 0 Å². The summed E-state index contributed by atoms with van der Waals surface area (Å²) in [4.78, 5) is 23.1. The molecule has 5 nitrogen and oxygen atoms in total. The first-order valence-electron chi connectivity index (χ1n) is 7.57. The van der Waals surface area contributed by atoms with Crippen LogP contribution in [0.25, 0.3) is 0 Å². The second kappa shape index (κ2) is 8.21. The van der Waals surface area contributed by atoms with E-state index in [1.54, 1.807) is 36.4 Å². The van der Waals surface area contributed by atoms with E-state index in [9.17, 15) is 9.59 Å². The van der Waals surface area contributed by atoms with Crippen LogP contribution in [0.15, 0.2) is 48.5 Å². The summed E-state index contributed by atoms with van der Waals surface area (Å²) in [6.45, 7) is 3.51. The minimum absolute atomic E-state index is 0.132. The van der Waals surface area contributed by atoms with Crippen molar-refractivity contribution < 1.29 is 9.59 Å². The number of nitrogens with one attached hydrogen (secondary N) is 3. The zero-order chi connectivity index (χ0) is 17.5. The molecule has 124 valence electrons. The maximum atomic E-state index is 12.1. The number of amides is 2. The third-order valence-electron chi connectivity index (χ3n) is 3.31. The van der Waals surface area contributed by atoms with Gasteiger partial charge >= 0.3 is 0 Å². The lowest BCUT2D eigenvalue weighted by atomic mass is 10.1. The molecule has 0 fully saturated rings. The molecule has 2 aromatic rings. The number of carbonyl (C=O) groups excluding carboxylic acids is 2. The van der Waals surface area contributed by atoms with Gasteiger partial charge in [-0.25, -0.2) is 0 Å². The third-order valence-corrected chi connectivity index (χ3v) is 3.52. The number of anilines is 2. The van der Waals surface area contributed by atoms with Crippen molar-refractivity contribution in [1.29, 1.82) is 0 Å². The maximum Gasteiger partial charge on any atom is 0.257 e. The number of hydrogen-bond acceptors (Lipinski definition) is 3. The predicted molar refractivity (Wildman–Crippen MR) is 100 cm³/mol. The van der Waals surface area contributed by atoms with E-state index in [1.165, 1.54) is 12.5 Å². The van der Waals surface area contributed by atoms with Crippen molar-refractivity contribution in [3.8, 4) is 0 Å². The first kappa shape index (κ1) is 17.6. The van der Waals surface area contributed by atoms with E-state index in [1.807, 2.05) is 12.1 Å². The van der Waals surface area contributed by atoms with Gasteiger partial charge in [0.05, 0.1) is 0 Å². The molecule has 0 heterocycles. The number of aryl methyl sites for hydroxylation is 1. The Morgan fingerprint density at radius 3 is 1.96 bits per heavy atom. The molecule has 0 saturated carbocycles. The molecule has 24 heavy (non-hydrogen) atoms. The highest BCUT2D eigenvalue weighted by Gasteiger charge is 2.08. The van der Waals surface area contributed by atoms with E-state index >= 15 is 0 Å². The average Bonchev–Trinajstić information content (AvgIpc) is 2.56. The zero-order valence-electron chi connectivity index (χ0n) is 13.6. The van der Waals surface area contributed by atoms with Gasteiger partial charge in [0.15, 0.2) is 5.11 Å². The lowest BCUT2D eigenvalue weighted by Gasteiger charge is -2.10. The summed E-state index contributed by atoms with van der Waals surface area (Å²) >= 11 is 5.15. The average molecular weight is 341 g/mol. The van der Waals surface area contributed by atoms with Gasteiger partial charge in [-0.15, -0.1) is 0 Å². The number of carbonyl (C=O) groups is 2. The molecule has 3 N–H and O–H groups in total. The Kier molecular flexibility index (Phi) is 6.03. The minimum atomic E-state index is -0.259. The molecule has 0 aliphatic carbocycles. The van der Waals surface area contributed by atoms with E-state index in [0.717, 1.165) is 12.1 Å². The van der Waals surface area contributed by atoms with E-state index in [-0.39, 0.29) is 16.9 Å². The molecule has 0 radical (unpaired) electrons. The largest absolute Gasteiger partial charge is 0.332 e. The van der Waals surface area contributed by atoms with Gasteiger partial charge in [-0.05, 0) is 60.6 Å². The second-order valence-electron chi connectivity index (χ2n) is 5.22. The molecule has 2 rings (SSSR count). The van der Waals surface area contributed by atoms with Crippen molar-refractivity contribution in [2.24, 2.45) is 0 Å². The van der Waals surface area contributed by atoms with Crippen molar-refractivity contribution in [1.82, 2.24) is 5.32 Å². The number of thiocarbonyl (C=S) groups is 1. The predicted octanol–water partition coefficient (Wildman–Crippen LogP) is 3.33. The van der Waals surface area contributed by atoms with Gasteiger partial charge in [-0.1, -0.05) is 19.1 Å². The van der Waals surface area contributed by atoms with Crippen LogP contribution in [-0.4, -0.2) is 16.9 Å². The zero-order valence-corrected chi connectivity index (χ0v) is 14.4. The first-order chi connectivity index (χ1) is 11.5. The van der Waals surface area contributed by atoms with Crippen LogP contribution in [0, 0.1) is 0 Å². The van der Waals surface area contributed by atoms with Gasteiger partial charge in [0.25, 0.3) is 5.91 Å². The number of rotatable bonds is 4. The van der Waals surface area contributed by atoms with Crippen LogP contribution in [-0.2, 0) is 11.2 Å². The summed E-state index contributed by atoms with van der Waals surface area (Å²) in [5.41, 5.74) is 3.14. The van der Waals surface area contributed by atoms with Crippen molar-refractivity contribution >= 4 is 40.5 Å². The molecular weight excluding hydrogens is 322 g/mol. The van der Waals surface area contributed by atoms with Gasteiger partial charge in [-0.3, -0.25) is 14.9 Å². The van der Waals surface area contributed by atoms with Crippen molar-refractivity contribution in [3.63, 3.8) is 0 Å². The van der Waals surface area contributed by atoms with Crippen LogP contribution in [0.4, 0.5) is 11.4 Å². The molecule has 0 aliphatic rings. The molecular formula is C18H19N3O2S. The summed E-state index contributed by atoms with van der Waals surface area (Å²) in [6, 6.07) is 14.4. The van der Waals surface area contributed by atoms with Gasteiger partial charge in [0, 0.05) is 23.9 Å². The van der Waals surface area contributed by atoms with Crippen LogP contribution >= 0.6 is 12.2 Å². The molecule has 0 spiro atoms. The van der Waals surface area contributed by atoms with Gasteiger partial charge < -0.3 is 10.6 Å². The van der Waals surface area contributed by atoms with E-state index in [0.29, 0.717) is 11.3 Å². The Morgan fingerprint density at radius 2 is 1.46 bits per heavy atom. The quantitative estimate of drug-likeness (QED) is 0.746.